The number of ether oxygens (including phenoxy) is 1. The van der Waals surface area contributed by atoms with E-state index in [1.807, 2.05) is 24.3 Å². The first kappa shape index (κ1) is 20.0. The van der Waals surface area contributed by atoms with Crippen LogP contribution in [-0.2, 0) is 9.53 Å². The molecule has 2 N–H and O–H groups in total. The first-order chi connectivity index (χ1) is 13.6. The Labute approximate surface area is 165 Å². The SMILES string of the molecule is COCCCNC(=O)[C@@H](C#N)c1nc2ccccc2nc1N1CC[NH+](C)CC1. The highest BCUT2D eigenvalue weighted by Crippen LogP contribution is 2.27. The van der Waals surface area contributed by atoms with Crippen LogP contribution in [0.3, 0.4) is 0 Å². The number of benzene rings is 1. The van der Waals surface area contributed by atoms with Crippen molar-refractivity contribution in [1.29, 1.82) is 5.26 Å². The summed E-state index contributed by atoms with van der Waals surface area (Å²) >= 11 is 0. The van der Waals surface area contributed by atoms with Crippen LogP contribution in [0.1, 0.15) is 18.0 Å². The summed E-state index contributed by atoms with van der Waals surface area (Å²) in [5.74, 6) is -0.698. The number of amides is 1. The standard InChI is InChI=1S/C20H26N6O2/c1-25-9-11-26(12-10-25)19-18(23-16-6-3-4-7-17(16)24-19)15(14-21)20(27)22-8-5-13-28-2/h3-4,6-7,15H,5,8-13H2,1-2H3,(H,22,27)/p+1/t15-/m0/s1. The van der Waals surface area contributed by atoms with E-state index in [9.17, 15) is 10.1 Å². The van der Waals surface area contributed by atoms with Gasteiger partial charge in [0.1, 0.15) is 5.69 Å². The number of nitrogens with zero attached hydrogens (tertiary/aromatic N) is 4. The quantitative estimate of drug-likeness (QED) is 0.639. The zero-order chi connectivity index (χ0) is 19.9. The lowest BCUT2D eigenvalue weighted by Crippen LogP contribution is -3.12. The summed E-state index contributed by atoms with van der Waals surface area (Å²) in [6.07, 6.45) is 0.692. The number of nitriles is 1. The van der Waals surface area contributed by atoms with Gasteiger partial charge < -0.3 is 19.9 Å². The number of likely N-dealkylation sites (N-methyl/N-ethyl adjacent to an activating group) is 1. The fraction of sp³-hybridized carbons (Fsp3) is 0.500. The van der Waals surface area contributed by atoms with Gasteiger partial charge in [-0.15, -0.1) is 0 Å². The molecule has 1 aromatic carbocycles. The molecule has 8 heteroatoms. The van der Waals surface area contributed by atoms with Crippen molar-refractivity contribution in [1.82, 2.24) is 15.3 Å². The van der Waals surface area contributed by atoms with E-state index in [0.717, 1.165) is 31.7 Å². The second-order valence-corrected chi connectivity index (χ2v) is 7.06. The summed E-state index contributed by atoms with van der Waals surface area (Å²) in [7, 11) is 3.78. The van der Waals surface area contributed by atoms with Gasteiger partial charge in [-0.2, -0.15) is 5.26 Å². The van der Waals surface area contributed by atoms with Gasteiger partial charge >= 0.3 is 0 Å². The van der Waals surface area contributed by atoms with Gasteiger partial charge in [-0.25, -0.2) is 9.97 Å². The Balaban J connectivity index is 1.93. The molecular weight excluding hydrogens is 356 g/mol. The van der Waals surface area contributed by atoms with E-state index in [0.29, 0.717) is 36.6 Å². The molecule has 1 aromatic heterocycles. The largest absolute Gasteiger partial charge is 0.385 e. The molecule has 2 heterocycles. The lowest BCUT2D eigenvalue weighted by Gasteiger charge is -2.32. The molecule has 1 aliphatic rings. The van der Waals surface area contributed by atoms with Crippen molar-refractivity contribution in [2.45, 2.75) is 12.3 Å². The molecular formula is C20H27N6O2+. The Morgan fingerprint density at radius 1 is 1.32 bits per heavy atom. The van der Waals surface area contributed by atoms with Gasteiger partial charge in [0.25, 0.3) is 0 Å². The molecule has 1 atom stereocenters. The van der Waals surface area contributed by atoms with Crippen molar-refractivity contribution in [2.24, 2.45) is 0 Å². The summed E-state index contributed by atoms with van der Waals surface area (Å²) in [6, 6.07) is 9.69. The average molecular weight is 383 g/mol. The number of aromatic nitrogens is 2. The third kappa shape index (κ3) is 4.55. The van der Waals surface area contributed by atoms with Gasteiger partial charge in [-0.3, -0.25) is 4.79 Å². The topological polar surface area (TPSA) is 95.6 Å². The van der Waals surface area contributed by atoms with Crippen molar-refractivity contribution in [2.75, 3.05) is 58.4 Å². The van der Waals surface area contributed by atoms with Crippen LogP contribution in [0, 0.1) is 11.3 Å². The molecule has 1 fully saturated rings. The molecule has 0 aliphatic carbocycles. The Bertz CT molecular complexity index is 857. The molecule has 0 spiro atoms. The van der Waals surface area contributed by atoms with E-state index < -0.39 is 5.92 Å². The number of methoxy groups -OCH3 is 1. The predicted molar refractivity (Wildman–Crippen MR) is 106 cm³/mol. The average Bonchev–Trinajstić information content (AvgIpc) is 2.72. The number of quaternary nitrogens is 1. The van der Waals surface area contributed by atoms with Gasteiger partial charge in [0.05, 0.1) is 50.3 Å². The lowest BCUT2D eigenvalue weighted by atomic mass is 10.0. The number of fused-ring (bicyclic) bond motifs is 1. The van der Waals surface area contributed by atoms with Crippen LogP contribution in [0.5, 0.6) is 0 Å². The number of piperazine rings is 1. The maximum absolute atomic E-state index is 12.7. The van der Waals surface area contributed by atoms with E-state index >= 15 is 0 Å². The Morgan fingerprint density at radius 2 is 2.00 bits per heavy atom. The molecule has 28 heavy (non-hydrogen) atoms. The normalized spacial score (nSPS) is 16.0. The van der Waals surface area contributed by atoms with Gasteiger partial charge in [0, 0.05) is 20.3 Å². The molecule has 0 bridgehead atoms. The van der Waals surface area contributed by atoms with Crippen molar-refractivity contribution in [3.8, 4) is 6.07 Å². The maximum Gasteiger partial charge on any atom is 0.243 e. The summed E-state index contributed by atoms with van der Waals surface area (Å²) < 4.78 is 5.00. The smallest absolute Gasteiger partial charge is 0.243 e. The van der Waals surface area contributed by atoms with Crippen molar-refractivity contribution < 1.29 is 14.4 Å². The molecule has 2 aromatic rings. The molecule has 0 saturated carbocycles. The first-order valence-corrected chi connectivity index (χ1v) is 9.63. The molecule has 8 nitrogen and oxygen atoms in total. The number of carbonyl (C=O) groups is 1. The second kappa shape index (κ2) is 9.44. The van der Waals surface area contributed by atoms with Crippen LogP contribution in [0.2, 0.25) is 0 Å². The van der Waals surface area contributed by atoms with Crippen LogP contribution in [0.15, 0.2) is 24.3 Å². The van der Waals surface area contributed by atoms with Crippen LogP contribution >= 0.6 is 0 Å². The van der Waals surface area contributed by atoms with Crippen molar-refractivity contribution in [3.63, 3.8) is 0 Å². The van der Waals surface area contributed by atoms with Gasteiger partial charge in [-0.05, 0) is 18.6 Å². The molecule has 0 unspecified atom stereocenters. The van der Waals surface area contributed by atoms with Gasteiger partial charge in [-0.1, -0.05) is 12.1 Å². The predicted octanol–water partition coefficient (Wildman–Crippen LogP) is -0.276. The monoisotopic (exact) mass is 383 g/mol. The fourth-order valence-corrected chi connectivity index (χ4v) is 3.31. The number of rotatable bonds is 7. The number of para-hydroxylation sites is 2. The third-order valence-corrected chi connectivity index (χ3v) is 4.98. The number of hydrogen-bond donors (Lipinski definition) is 2. The van der Waals surface area contributed by atoms with Crippen LogP contribution in [0.25, 0.3) is 11.0 Å². The number of anilines is 1. The summed E-state index contributed by atoms with van der Waals surface area (Å²) in [5, 5.41) is 12.6. The summed E-state index contributed by atoms with van der Waals surface area (Å²) in [4.78, 5) is 25.8. The third-order valence-electron chi connectivity index (χ3n) is 4.98. The summed E-state index contributed by atoms with van der Waals surface area (Å²) in [6.45, 7) is 4.61. The number of nitrogens with one attached hydrogen (secondary N) is 2. The van der Waals surface area contributed by atoms with E-state index in [4.69, 9.17) is 9.72 Å². The first-order valence-electron chi connectivity index (χ1n) is 9.63. The summed E-state index contributed by atoms with van der Waals surface area (Å²) in [5.41, 5.74) is 1.89. The zero-order valence-corrected chi connectivity index (χ0v) is 16.4. The fourth-order valence-electron chi connectivity index (χ4n) is 3.31. The van der Waals surface area contributed by atoms with Gasteiger partial charge in [0.2, 0.25) is 5.91 Å². The highest BCUT2D eigenvalue weighted by molar-refractivity contribution is 5.88. The van der Waals surface area contributed by atoms with E-state index in [1.54, 1.807) is 7.11 Å². The molecule has 0 radical (unpaired) electrons. The van der Waals surface area contributed by atoms with Gasteiger partial charge in [0.15, 0.2) is 11.7 Å². The molecule has 1 saturated heterocycles. The Kier molecular flexibility index (Phi) is 6.74. The van der Waals surface area contributed by atoms with E-state index in [2.05, 4.69) is 28.3 Å². The Morgan fingerprint density at radius 3 is 2.64 bits per heavy atom. The minimum absolute atomic E-state index is 0.343. The lowest BCUT2D eigenvalue weighted by molar-refractivity contribution is -0.880. The van der Waals surface area contributed by atoms with E-state index in [-0.39, 0.29) is 5.91 Å². The minimum atomic E-state index is -0.998. The maximum atomic E-state index is 12.7. The molecule has 3 rings (SSSR count). The minimum Gasteiger partial charge on any atom is -0.385 e. The second-order valence-electron chi connectivity index (χ2n) is 7.06. The molecule has 1 aliphatic heterocycles. The highest BCUT2D eigenvalue weighted by atomic mass is 16.5. The van der Waals surface area contributed by atoms with Crippen LogP contribution in [0.4, 0.5) is 5.82 Å². The molecule has 1 amide bonds. The number of hydrogen-bond acceptors (Lipinski definition) is 6. The highest BCUT2D eigenvalue weighted by Gasteiger charge is 2.30. The van der Waals surface area contributed by atoms with Crippen LogP contribution < -0.4 is 15.1 Å². The van der Waals surface area contributed by atoms with Crippen LogP contribution in [-0.4, -0.2) is 69.4 Å². The number of carbonyl (C=O) groups excluding carboxylic acids is 1. The molecule has 148 valence electrons. The van der Waals surface area contributed by atoms with Crippen molar-refractivity contribution in [3.05, 3.63) is 30.0 Å². The van der Waals surface area contributed by atoms with E-state index in [1.165, 1.54) is 4.90 Å². The van der Waals surface area contributed by atoms with Crippen molar-refractivity contribution >= 4 is 22.8 Å². The zero-order valence-electron chi connectivity index (χ0n) is 16.4. The Hall–Kier alpha value is -2.76.